The topological polar surface area (TPSA) is 81.2 Å². The van der Waals surface area contributed by atoms with Crippen LogP contribution in [0.4, 0.5) is 11.4 Å². The molecule has 1 N–H and O–H groups in total. The summed E-state index contributed by atoms with van der Waals surface area (Å²) >= 11 is 6.42. The summed E-state index contributed by atoms with van der Waals surface area (Å²) in [5.41, 5.74) is 4.37. The van der Waals surface area contributed by atoms with Crippen LogP contribution in [-0.4, -0.2) is 68.9 Å². The Morgan fingerprint density at radius 1 is 1.09 bits per heavy atom. The molecule has 1 amide bonds. The van der Waals surface area contributed by atoms with Crippen LogP contribution in [0.3, 0.4) is 0 Å². The molecule has 172 valence electrons. The molecule has 2 aromatic carbocycles. The van der Waals surface area contributed by atoms with Gasteiger partial charge in [0.25, 0.3) is 5.91 Å². The first-order valence-electron chi connectivity index (χ1n) is 10.8. The van der Waals surface area contributed by atoms with Crippen LogP contribution >= 0.6 is 11.6 Å². The van der Waals surface area contributed by atoms with E-state index in [9.17, 15) is 18.3 Å². The summed E-state index contributed by atoms with van der Waals surface area (Å²) in [6, 6.07) is 10.6. The number of hydrogen-bond donors (Lipinski definition) is 1. The number of amides is 1. The number of halogens is 1. The zero-order valence-electron chi connectivity index (χ0n) is 18.3. The highest BCUT2D eigenvalue weighted by Gasteiger charge is 2.37. The van der Waals surface area contributed by atoms with Crippen molar-refractivity contribution in [2.75, 3.05) is 47.7 Å². The number of hydrogen-bond acceptors (Lipinski definition) is 5. The summed E-state index contributed by atoms with van der Waals surface area (Å²) < 4.78 is 26.0. The molecule has 4 rings (SSSR count). The van der Waals surface area contributed by atoms with E-state index >= 15 is 0 Å². The molecule has 2 aliphatic heterocycles. The monoisotopic (exact) mass is 477 g/mol. The maximum atomic E-state index is 13.1. The van der Waals surface area contributed by atoms with Crippen LogP contribution in [0.1, 0.15) is 27.9 Å². The van der Waals surface area contributed by atoms with Crippen molar-refractivity contribution >= 4 is 38.9 Å². The van der Waals surface area contributed by atoms with Gasteiger partial charge in [0.05, 0.1) is 34.7 Å². The molecule has 0 aliphatic carbocycles. The largest absolute Gasteiger partial charge is 0.394 e. The number of benzene rings is 2. The van der Waals surface area contributed by atoms with E-state index in [1.807, 2.05) is 0 Å². The highest BCUT2D eigenvalue weighted by molar-refractivity contribution is 7.93. The van der Waals surface area contributed by atoms with E-state index in [-0.39, 0.29) is 23.3 Å². The summed E-state index contributed by atoms with van der Waals surface area (Å²) in [6.07, 6.45) is 0.363. The van der Waals surface area contributed by atoms with Crippen LogP contribution in [-0.2, 0) is 10.0 Å². The number of carbonyl (C=O) groups excluding carboxylic acids is 1. The SMILES string of the molecule is Cc1ccc(N2CCN(C(=O)c3ccc(N4[C@H](CO)CCS4(=O)=O)cc3Cl)CC2)c(C)c1. The maximum absolute atomic E-state index is 13.1. The molecule has 2 saturated heterocycles. The third-order valence-electron chi connectivity index (χ3n) is 6.25. The smallest absolute Gasteiger partial charge is 0.255 e. The van der Waals surface area contributed by atoms with Gasteiger partial charge >= 0.3 is 0 Å². The maximum Gasteiger partial charge on any atom is 0.255 e. The number of nitrogens with zero attached hydrogens (tertiary/aromatic N) is 3. The second-order valence-electron chi connectivity index (χ2n) is 8.47. The summed E-state index contributed by atoms with van der Waals surface area (Å²) in [7, 11) is -3.50. The minimum absolute atomic E-state index is 0.0126. The molecule has 2 aromatic rings. The average Bonchev–Trinajstić information content (AvgIpc) is 3.07. The molecule has 1 atom stereocenters. The fourth-order valence-electron chi connectivity index (χ4n) is 4.56. The minimum atomic E-state index is -3.50. The van der Waals surface area contributed by atoms with Crippen LogP contribution in [0.25, 0.3) is 0 Å². The quantitative estimate of drug-likeness (QED) is 0.732. The van der Waals surface area contributed by atoms with Crippen molar-refractivity contribution in [1.29, 1.82) is 0 Å². The first kappa shape index (κ1) is 22.9. The number of aliphatic hydroxyl groups excluding tert-OH is 1. The van der Waals surface area contributed by atoms with Crippen LogP contribution in [0, 0.1) is 13.8 Å². The Balaban J connectivity index is 1.47. The van der Waals surface area contributed by atoms with E-state index in [4.69, 9.17) is 11.6 Å². The molecule has 7 nitrogen and oxygen atoms in total. The highest BCUT2D eigenvalue weighted by atomic mass is 35.5. The number of anilines is 2. The Morgan fingerprint density at radius 3 is 2.44 bits per heavy atom. The van der Waals surface area contributed by atoms with Gasteiger partial charge in [-0.2, -0.15) is 0 Å². The average molecular weight is 478 g/mol. The highest BCUT2D eigenvalue weighted by Crippen LogP contribution is 2.32. The summed E-state index contributed by atoms with van der Waals surface area (Å²) in [6.45, 7) is 6.54. The number of aryl methyl sites for hydroxylation is 2. The lowest BCUT2D eigenvalue weighted by Gasteiger charge is -2.37. The van der Waals surface area contributed by atoms with E-state index in [1.54, 1.807) is 17.0 Å². The van der Waals surface area contributed by atoms with Gasteiger partial charge in [-0.25, -0.2) is 8.42 Å². The lowest BCUT2D eigenvalue weighted by Crippen LogP contribution is -2.49. The molecule has 0 aromatic heterocycles. The summed E-state index contributed by atoms with van der Waals surface area (Å²) in [5, 5.41) is 9.75. The third kappa shape index (κ3) is 4.31. The zero-order valence-corrected chi connectivity index (χ0v) is 19.9. The molecule has 2 heterocycles. The van der Waals surface area contributed by atoms with Gasteiger partial charge in [-0.05, 0) is 50.1 Å². The molecule has 0 unspecified atom stereocenters. The van der Waals surface area contributed by atoms with Gasteiger partial charge in [-0.15, -0.1) is 0 Å². The van der Waals surface area contributed by atoms with E-state index in [1.165, 1.54) is 27.2 Å². The van der Waals surface area contributed by atoms with Crippen LogP contribution in [0.2, 0.25) is 5.02 Å². The van der Waals surface area contributed by atoms with Crippen molar-refractivity contribution in [3.05, 3.63) is 58.1 Å². The molecule has 9 heteroatoms. The second-order valence-corrected chi connectivity index (χ2v) is 10.8. The van der Waals surface area contributed by atoms with Crippen molar-refractivity contribution in [3.8, 4) is 0 Å². The van der Waals surface area contributed by atoms with E-state index in [0.717, 1.165) is 13.1 Å². The van der Waals surface area contributed by atoms with Crippen molar-refractivity contribution in [1.82, 2.24) is 4.90 Å². The first-order chi connectivity index (χ1) is 15.2. The first-order valence-corrected chi connectivity index (χ1v) is 12.7. The van der Waals surface area contributed by atoms with Crippen molar-refractivity contribution < 1.29 is 18.3 Å². The van der Waals surface area contributed by atoms with Gasteiger partial charge in [0.1, 0.15) is 0 Å². The summed E-state index contributed by atoms with van der Waals surface area (Å²) in [4.78, 5) is 17.2. The van der Waals surface area contributed by atoms with E-state index < -0.39 is 16.1 Å². The lowest BCUT2D eigenvalue weighted by atomic mass is 10.1. The molecule has 0 radical (unpaired) electrons. The third-order valence-corrected chi connectivity index (χ3v) is 8.42. The molecular weight excluding hydrogens is 450 g/mol. The van der Waals surface area contributed by atoms with Gasteiger partial charge in [0.15, 0.2) is 0 Å². The molecule has 0 spiro atoms. The van der Waals surface area contributed by atoms with Gasteiger partial charge in [0, 0.05) is 31.9 Å². The molecule has 0 saturated carbocycles. The molecule has 2 fully saturated rings. The van der Waals surface area contributed by atoms with Gasteiger partial charge in [-0.3, -0.25) is 9.10 Å². The van der Waals surface area contributed by atoms with Crippen molar-refractivity contribution in [3.63, 3.8) is 0 Å². The number of aliphatic hydroxyl groups is 1. The molecule has 0 bridgehead atoms. The predicted molar refractivity (Wildman–Crippen MR) is 127 cm³/mol. The standard InChI is InChI=1S/C23H28ClN3O4S/c1-16-3-6-22(17(2)13-16)25-8-10-26(11-9-25)23(29)20-5-4-18(14-21(20)24)27-19(15-28)7-12-32(27,30)31/h3-6,13-14,19,28H,7-12,15H2,1-2H3/t19-/m0/s1. The predicted octanol–water partition coefficient (Wildman–Crippen LogP) is 2.82. The Labute approximate surface area is 194 Å². The Morgan fingerprint density at radius 2 is 1.81 bits per heavy atom. The fraction of sp³-hybridized carbons (Fsp3) is 0.435. The normalized spacial score (nSPS) is 20.6. The Bertz CT molecular complexity index is 1130. The minimum Gasteiger partial charge on any atom is -0.394 e. The van der Waals surface area contributed by atoms with Gasteiger partial charge in [0.2, 0.25) is 10.0 Å². The van der Waals surface area contributed by atoms with Crippen LogP contribution < -0.4 is 9.21 Å². The van der Waals surface area contributed by atoms with Crippen LogP contribution in [0.5, 0.6) is 0 Å². The lowest BCUT2D eigenvalue weighted by molar-refractivity contribution is 0.0747. The van der Waals surface area contributed by atoms with E-state index in [0.29, 0.717) is 30.8 Å². The number of piperazine rings is 1. The Kier molecular flexibility index (Phi) is 6.38. The van der Waals surface area contributed by atoms with Crippen LogP contribution in [0.15, 0.2) is 36.4 Å². The number of sulfonamides is 1. The van der Waals surface area contributed by atoms with Gasteiger partial charge in [-0.1, -0.05) is 29.3 Å². The Hall–Kier alpha value is -2.29. The molecular formula is C23H28ClN3O4S. The fourth-order valence-corrected chi connectivity index (χ4v) is 6.64. The van der Waals surface area contributed by atoms with E-state index in [2.05, 4.69) is 36.9 Å². The molecule has 32 heavy (non-hydrogen) atoms. The van der Waals surface area contributed by atoms with Gasteiger partial charge < -0.3 is 14.9 Å². The van der Waals surface area contributed by atoms with Crippen molar-refractivity contribution in [2.24, 2.45) is 0 Å². The second kappa shape index (κ2) is 8.92. The zero-order chi connectivity index (χ0) is 23.0. The summed E-state index contributed by atoms with van der Waals surface area (Å²) in [5.74, 6) is -0.175. The van der Waals surface area contributed by atoms with Crippen molar-refractivity contribution in [2.45, 2.75) is 26.3 Å². The number of carbonyl (C=O) groups is 1. The number of rotatable bonds is 4. The molecule has 2 aliphatic rings.